The molecular formula is C10H14N4O. The van der Waals surface area contributed by atoms with Crippen LogP contribution in [-0.2, 0) is 0 Å². The quantitative estimate of drug-likeness (QED) is 0.674. The van der Waals surface area contributed by atoms with Crippen LogP contribution in [0.2, 0.25) is 0 Å². The first-order valence-corrected chi connectivity index (χ1v) is 4.91. The average Bonchev–Trinajstić information content (AvgIpc) is 2.85. The summed E-state index contributed by atoms with van der Waals surface area (Å²) >= 11 is 0. The highest BCUT2D eigenvalue weighted by Crippen LogP contribution is 2.33. The van der Waals surface area contributed by atoms with E-state index in [1.807, 2.05) is 0 Å². The minimum Gasteiger partial charge on any atom is -0.396 e. The summed E-state index contributed by atoms with van der Waals surface area (Å²) in [5, 5.41) is 3.19. The molecule has 0 aromatic carbocycles. The van der Waals surface area contributed by atoms with Gasteiger partial charge in [0.05, 0.1) is 5.69 Å². The number of carbonyl (C=O) groups excluding carboxylic acids is 1. The minimum atomic E-state index is -0.540. The maximum absolute atomic E-state index is 10.9. The first kappa shape index (κ1) is 9.76. The van der Waals surface area contributed by atoms with Crippen LogP contribution in [0.4, 0.5) is 11.5 Å². The molecule has 0 radical (unpaired) electrons. The molecule has 0 aliphatic heterocycles. The molecular weight excluding hydrogens is 192 g/mol. The highest BCUT2D eigenvalue weighted by atomic mass is 16.1. The lowest BCUT2D eigenvalue weighted by Crippen LogP contribution is -2.16. The number of rotatable bonds is 3. The van der Waals surface area contributed by atoms with Crippen molar-refractivity contribution in [2.24, 2.45) is 11.7 Å². The number of aromatic nitrogens is 1. The van der Waals surface area contributed by atoms with Gasteiger partial charge in [-0.05, 0) is 24.5 Å². The molecule has 1 aromatic rings. The van der Waals surface area contributed by atoms with E-state index < -0.39 is 5.91 Å². The molecule has 0 spiro atoms. The van der Waals surface area contributed by atoms with Crippen molar-refractivity contribution in [2.45, 2.75) is 19.4 Å². The summed E-state index contributed by atoms with van der Waals surface area (Å²) in [7, 11) is 0. The third kappa shape index (κ3) is 2.01. The van der Waals surface area contributed by atoms with Crippen molar-refractivity contribution in [2.75, 3.05) is 11.1 Å². The maximum atomic E-state index is 10.9. The topological polar surface area (TPSA) is 94.0 Å². The molecule has 1 heterocycles. The van der Waals surface area contributed by atoms with Crippen molar-refractivity contribution in [3.8, 4) is 0 Å². The molecule has 80 valence electrons. The van der Waals surface area contributed by atoms with Gasteiger partial charge in [-0.15, -0.1) is 0 Å². The number of hydrogen-bond acceptors (Lipinski definition) is 4. The molecule has 2 atom stereocenters. The summed E-state index contributed by atoms with van der Waals surface area (Å²) in [4.78, 5) is 15.0. The highest BCUT2D eigenvalue weighted by Gasteiger charge is 2.33. The molecule has 5 nitrogen and oxygen atoms in total. The van der Waals surface area contributed by atoms with Gasteiger partial charge in [0.1, 0.15) is 11.5 Å². The van der Waals surface area contributed by atoms with E-state index >= 15 is 0 Å². The lowest BCUT2D eigenvalue weighted by atomic mass is 10.3. The molecule has 1 aromatic heterocycles. The summed E-state index contributed by atoms with van der Waals surface area (Å²) in [5.74, 6) is 0.658. The van der Waals surface area contributed by atoms with Gasteiger partial charge in [0, 0.05) is 6.04 Å². The summed E-state index contributed by atoms with van der Waals surface area (Å²) in [6, 6.07) is 3.59. The van der Waals surface area contributed by atoms with Gasteiger partial charge in [0.2, 0.25) is 0 Å². The Bertz CT molecular complexity index is 404. The van der Waals surface area contributed by atoms with Gasteiger partial charge in [-0.1, -0.05) is 6.92 Å². The normalized spacial score (nSPS) is 23.5. The van der Waals surface area contributed by atoms with Gasteiger partial charge in [-0.3, -0.25) is 4.79 Å². The second kappa shape index (κ2) is 3.42. The number of anilines is 2. The van der Waals surface area contributed by atoms with Crippen LogP contribution in [0.25, 0.3) is 0 Å². The van der Waals surface area contributed by atoms with Gasteiger partial charge in [0.15, 0.2) is 0 Å². The summed E-state index contributed by atoms with van der Waals surface area (Å²) < 4.78 is 0. The molecule has 5 N–H and O–H groups in total. The zero-order valence-electron chi connectivity index (χ0n) is 8.53. The molecule has 1 amide bonds. The SMILES string of the molecule is CC1CC1Nc1nc(C(N)=O)ccc1N. The Morgan fingerprint density at radius 3 is 2.80 bits per heavy atom. The maximum Gasteiger partial charge on any atom is 0.267 e. The van der Waals surface area contributed by atoms with Gasteiger partial charge in [-0.2, -0.15) is 0 Å². The summed E-state index contributed by atoms with van der Waals surface area (Å²) in [5.41, 5.74) is 11.6. The molecule has 0 saturated heterocycles. The third-order valence-electron chi connectivity index (χ3n) is 2.61. The lowest BCUT2D eigenvalue weighted by Gasteiger charge is -2.08. The fourth-order valence-corrected chi connectivity index (χ4v) is 1.42. The Morgan fingerprint density at radius 1 is 1.60 bits per heavy atom. The second-order valence-corrected chi connectivity index (χ2v) is 3.96. The molecule has 5 heteroatoms. The zero-order chi connectivity index (χ0) is 11.0. The van der Waals surface area contributed by atoms with Crippen LogP contribution < -0.4 is 16.8 Å². The van der Waals surface area contributed by atoms with E-state index in [0.29, 0.717) is 23.5 Å². The van der Waals surface area contributed by atoms with Crippen LogP contribution in [0.1, 0.15) is 23.8 Å². The Morgan fingerprint density at radius 2 is 2.27 bits per heavy atom. The first-order valence-electron chi connectivity index (χ1n) is 4.91. The predicted molar refractivity (Wildman–Crippen MR) is 58.4 cm³/mol. The number of nitrogens with zero attached hydrogens (tertiary/aromatic N) is 1. The molecule has 2 unspecified atom stereocenters. The van der Waals surface area contributed by atoms with Crippen LogP contribution in [0.5, 0.6) is 0 Å². The summed E-state index contributed by atoms with van der Waals surface area (Å²) in [6.07, 6.45) is 1.11. The van der Waals surface area contributed by atoms with Crippen LogP contribution in [0, 0.1) is 5.92 Å². The smallest absolute Gasteiger partial charge is 0.267 e. The predicted octanol–water partition coefficient (Wildman–Crippen LogP) is 0.583. The van der Waals surface area contributed by atoms with Crippen LogP contribution in [0.3, 0.4) is 0 Å². The largest absolute Gasteiger partial charge is 0.396 e. The van der Waals surface area contributed by atoms with Crippen molar-refractivity contribution in [1.29, 1.82) is 0 Å². The Kier molecular flexibility index (Phi) is 2.22. The van der Waals surface area contributed by atoms with E-state index in [2.05, 4.69) is 17.2 Å². The number of amides is 1. The molecule has 1 aliphatic rings. The molecule has 0 bridgehead atoms. The van der Waals surface area contributed by atoms with Crippen molar-refractivity contribution in [3.05, 3.63) is 17.8 Å². The lowest BCUT2D eigenvalue weighted by molar-refractivity contribution is 0.0996. The van der Waals surface area contributed by atoms with Crippen molar-refractivity contribution in [1.82, 2.24) is 4.98 Å². The highest BCUT2D eigenvalue weighted by molar-refractivity contribution is 5.91. The standard InChI is InChI=1S/C10H14N4O/c1-5-4-8(5)14-10-6(11)2-3-7(13-10)9(12)15/h2-3,5,8H,4,11H2,1H3,(H2,12,15)(H,13,14). The van der Waals surface area contributed by atoms with E-state index in [4.69, 9.17) is 11.5 Å². The van der Waals surface area contributed by atoms with E-state index in [9.17, 15) is 4.79 Å². The Hall–Kier alpha value is -1.78. The number of nitrogens with one attached hydrogen (secondary N) is 1. The average molecular weight is 206 g/mol. The molecule has 1 saturated carbocycles. The molecule has 15 heavy (non-hydrogen) atoms. The first-order chi connectivity index (χ1) is 7.08. The van der Waals surface area contributed by atoms with Gasteiger partial charge in [0.25, 0.3) is 5.91 Å². The van der Waals surface area contributed by atoms with Crippen molar-refractivity contribution < 1.29 is 4.79 Å². The fourth-order valence-electron chi connectivity index (χ4n) is 1.42. The van der Waals surface area contributed by atoms with Crippen LogP contribution in [-0.4, -0.2) is 16.9 Å². The van der Waals surface area contributed by atoms with E-state index in [0.717, 1.165) is 6.42 Å². The van der Waals surface area contributed by atoms with Gasteiger partial charge in [-0.25, -0.2) is 4.98 Å². The number of hydrogen-bond donors (Lipinski definition) is 3. The number of nitrogen functional groups attached to an aromatic ring is 1. The Balaban J connectivity index is 2.20. The fraction of sp³-hybridized carbons (Fsp3) is 0.400. The molecule has 1 aliphatic carbocycles. The molecule has 1 fully saturated rings. The van der Waals surface area contributed by atoms with Crippen LogP contribution in [0.15, 0.2) is 12.1 Å². The van der Waals surface area contributed by atoms with Crippen molar-refractivity contribution in [3.63, 3.8) is 0 Å². The number of pyridine rings is 1. The third-order valence-corrected chi connectivity index (χ3v) is 2.61. The minimum absolute atomic E-state index is 0.236. The molecule has 2 rings (SSSR count). The van der Waals surface area contributed by atoms with E-state index in [1.165, 1.54) is 6.07 Å². The van der Waals surface area contributed by atoms with Gasteiger partial charge < -0.3 is 16.8 Å². The number of carbonyl (C=O) groups is 1. The van der Waals surface area contributed by atoms with Crippen LogP contribution >= 0.6 is 0 Å². The van der Waals surface area contributed by atoms with E-state index in [1.54, 1.807) is 6.07 Å². The number of nitrogens with two attached hydrogens (primary N) is 2. The Labute approximate surface area is 87.9 Å². The monoisotopic (exact) mass is 206 g/mol. The number of primary amides is 1. The zero-order valence-corrected chi connectivity index (χ0v) is 8.53. The summed E-state index contributed by atoms with van der Waals surface area (Å²) in [6.45, 7) is 2.14. The van der Waals surface area contributed by atoms with Gasteiger partial charge >= 0.3 is 0 Å². The second-order valence-electron chi connectivity index (χ2n) is 3.96. The van der Waals surface area contributed by atoms with E-state index in [-0.39, 0.29) is 5.69 Å². The van der Waals surface area contributed by atoms with Crippen molar-refractivity contribution >= 4 is 17.4 Å².